The highest BCUT2D eigenvalue weighted by molar-refractivity contribution is 7.89. The molecular weight excluding hydrogens is 424 g/mol. The second kappa shape index (κ2) is 9.14. The molecule has 1 amide bonds. The lowest BCUT2D eigenvalue weighted by molar-refractivity contribution is 0.0939. The average Bonchev–Trinajstić information content (AvgIpc) is 3.62. The van der Waals surface area contributed by atoms with Crippen molar-refractivity contribution in [2.75, 3.05) is 7.11 Å². The van der Waals surface area contributed by atoms with E-state index in [9.17, 15) is 13.2 Å². The molecule has 7 heteroatoms. The Balaban J connectivity index is 1.50. The summed E-state index contributed by atoms with van der Waals surface area (Å²) in [6.07, 6.45) is 1.64. The normalized spacial score (nSPS) is 14.6. The van der Waals surface area contributed by atoms with Gasteiger partial charge in [-0.1, -0.05) is 54.6 Å². The summed E-state index contributed by atoms with van der Waals surface area (Å²) in [7, 11) is -2.35. The molecule has 32 heavy (non-hydrogen) atoms. The molecule has 3 aromatic carbocycles. The Morgan fingerprint density at radius 3 is 2.25 bits per heavy atom. The molecule has 2 N–H and O–H groups in total. The predicted octanol–water partition coefficient (Wildman–Crippen LogP) is 4.29. The lowest BCUT2D eigenvalue weighted by atomic mass is 10.0. The summed E-state index contributed by atoms with van der Waals surface area (Å²) in [5.41, 5.74) is 3.44. The number of carbonyl (C=O) groups excluding carboxylic acids is 1. The van der Waals surface area contributed by atoms with Crippen molar-refractivity contribution in [2.24, 2.45) is 0 Å². The third-order valence-corrected chi connectivity index (χ3v) is 7.02. The molecule has 1 unspecified atom stereocenters. The van der Waals surface area contributed by atoms with Gasteiger partial charge in [0.05, 0.1) is 13.2 Å². The number of amides is 1. The van der Waals surface area contributed by atoms with Crippen LogP contribution >= 0.6 is 0 Å². The van der Waals surface area contributed by atoms with Gasteiger partial charge in [-0.2, -0.15) is 0 Å². The van der Waals surface area contributed by atoms with Crippen LogP contribution in [0.1, 0.15) is 41.7 Å². The molecule has 0 heterocycles. The van der Waals surface area contributed by atoms with Crippen molar-refractivity contribution in [1.82, 2.24) is 10.0 Å². The molecule has 166 valence electrons. The van der Waals surface area contributed by atoms with E-state index in [4.69, 9.17) is 4.74 Å². The smallest absolute Gasteiger partial charge is 0.251 e. The van der Waals surface area contributed by atoms with Crippen LogP contribution in [-0.2, 0) is 10.0 Å². The maximum Gasteiger partial charge on any atom is 0.251 e. The van der Waals surface area contributed by atoms with Gasteiger partial charge < -0.3 is 10.1 Å². The van der Waals surface area contributed by atoms with Crippen LogP contribution in [0.5, 0.6) is 5.75 Å². The van der Waals surface area contributed by atoms with Gasteiger partial charge in [0, 0.05) is 11.6 Å². The summed E-state index contributed by atoms with van der Waals surface area (Å²) < 4.78 is 33.3. The van der Waals surface area contributed by atoms with Gasteiger partial charge in [0.1, 0.15) is 10.6 Å². The van der Waals surface area contributed by atoms with Crippen LogP contribution in [0, 0.1) is 0 Å². The highest BCUT2D eigenvalue weighted by Crippen LogP contribution is 2.29. The lowest BCUT2D eigenvalue weighted by Crippen LogP contribution is -2.28. The monoisotopic (exact) mass is 450 g/mol. The fourth-order valence-electron chi connectivity index (χ4n) is 3.47. The van der Waals surface area contributed by atoms with E-state index in [1.165, 1.54) is 19.2 Å². The van der Waals surface area contributed by atoms with Crippen molar-refractivity contribution in [3.8, 4) is 16.9 Å². The summed E-state index contributed by atoms with van der Waals surface area (Å²) in [6, 6.07) is 22.2. The first-order chi connectivity index (χ1) is 15.4. The molecule has 6 nitrogen and oxygen atoms in total. The predicted molar refractivity (Wildman–Crippen MR) is 124 cm³/mol. The molecular formula is C25H26N2O4S. The Kier molecular flexibility index (Phi) is 6.30. The van der Waals surface area contributed by atoms with Gasteiger partial charge in [0.25, 0.3) is 5.91 Å². The quantitative estimate of drug-likeness (QED) is 0.536. The van der Waals surface area contributed by atoms with Gasteiger partial charge in [0.15, 0.2) is 0 Å². The standard InChI is InChI=1S/C25H26N2O4S/c1-17(18-8-10-20(11-9-18)19-6-4-3-5-7-19)26-25(28)21-12-15-23(31-2)24(16-21)32(29,30)27-22-13-14-22/h3-12,15-17,22,27H,13-14H2,1-2H3,(H,26,28). The Hall–Kier alpha value is -3.16. The summed E-state index contributed by atoms with van der Waals surface area (Å²) >= 11 is 0. The summed E-state index contributed by atoms with van der Waals surface area (Å²) in [6.45, 7) is 1.89. The molecule has 1 atom stereocenters. The number of nitrogens with one attached hydrogen (secondary N) is 2. The largest absolute Gasteiger partial charge is 0.495 e. The second-order valence-corrected chi connectivity index (χ2v) is 9.63. The average molecular weight is 451 g/mol. The summed E-state index contributed by atoms with van der Waals surface area (Å²) in [5, 5.41) is 2.95. The number of benzene rings is 3. The van der Waals surface area contributed by atoms with E-state index in [1.807, 2.05) is 61.5 Å². The van der Waals surface area contributed by atoms with E-state index >= 15 is 0 Å². The third kappa shape index (κ3) is 5.00. The van der Waals surface area contributed by atoms with Gasteiger partial charge in [-0.3, -0.25) is 4.79 Å². The molecule has 1 fully saturated rings. The van der Waals surface area contributed by atoms with Crippen LogP contribution in [0.2, 0.25) is 0 Å². The molecule has 0 aromatic heterocycles. The minimum atomic E-state index is -3.76. The first-order valence-electron chi connectivity index (χ1n) is 10.5. The molecule has 0 bridgehead atoms. The summed E-state index contributed by atoms with van der Waals surface area (Å²) in [5.74, 6) is -0.144. The highest BCUT2D eigenvalue weighted by atomic mass is 32.2. The van der Waals surface area contributed by atoms with Gasteiger partial charge in [-0.05, 0) is 54.7 Å². The van der Waals surface area contributed by atoms with Crippen LogP contribution in [-0.4, -0.2) is 27.5 Å². The topological polar surface area (TPSA) is 84.5 Å². The Morgan fingerprint density at radius 2 is 1.62 bits per heavy atom. The van der Waals surface area contributed by atoms with E-state index in [-0.39, 0.29) is 34.2 Å². The molecule has 0 radical (unpaired) electrons. The van der Waals surface area contributed by atoms with Gasteiger partial charge in [-0.15, -0.1) is 0 Å². The zero-order valence-corrected chi connectivity index (χ0v) is 18.9. The fourth-order valence-corrected chi connectivity index (χ4v) is 4.97. The Labute approximate surface area is 188 Å². The minimum absolute atomic E-state index is 0.0283. The number of methoxy groups -OCH3 is 1. The lowest BCUT2D eigenvalue weighted by Gasteiger charge is -2.16. The molecule has 0 spiro atoms. The number of carbonyl (C=O) groups is 1. The van der Waals surface area contributed by atoms with Gasteiger partial charge >= 0.3 is 0 Å². The first-order valence-corrected chi connectivity index (χ1v) is 12.0. The molecule has 0 saturated heterocycles. The number of hydrogen-bond acceptors (Lipinski definition) is 4. The molecule has 1 aliphatic carbocycles. The number of rotatable bonds is 8. The zero-order valence-electron chi connectivity index (χ0n) is 18.0. The molecule has 3 aromatic rings. The Bertz CT molecular complexity index is 1200. The van der Waals surface area contributed by atoms with Gasteiger partial charge in [0.2, 0.25) is 10.0 Å². The summed E-state index contributed by atoms with van der Waals surface area (Å²) in [4.78, 5) is 12.8. The van der Waals surface area contributed by atoms with E-state index in [2.05, 4.69) is 10.0 Å². The van der Waals surface area contributed by atoms with Crippen molar-refractivity contribution in [1.29, 1.82) is 0 Å². The first kappa shape index (κ1) is 22.0. The fraction of sp³-hybridized carbons (Fsp3) is 0.240. The van der Waals surface area contributed by atoms with Crippen molar-refractivity contribution < 1.29 is 17.9 Å². The zero-order chi connectivity index (χ0) is 22.7. The van der Waals surface area contributed by atoms with Crippen LogP contribution in [0.3, 0.4) is 0 Å². The van der Waals surface area contributed by atoms with Crippen molar-refractivity contribution >= 4 is 15.9 Å². The second-order valence-electron chi connectivity index (χ2n) is 7.94. The van der Waals surface area contributed by atoms with Crippen molar-refractivity contribution in [2.45, 2.75) is 36.7 Å². The number of ether oxygens (including phenoxy) is 1. The van der Waals surface area contributed by atoms with Gasteiger partial charge in [-0.25, -0.2) is 13.1 Å². The Morgan fingerprint density at radius 1 is 0.969 bits per heavy atom. The van der Waals surface area contributed by atoms with E-state index < -0.39 is 10.0 Å². The van der Waals surface area contributed by atoms with Crippen LogP contribution in [0.15, 0.2) is 77.7 Å². The van der Waals surface area contributed by atoms with Crippen LogP contribution in [0.4, 0.5) is 0 Å². The van der Waals surface area contributed by atoms with E-state index in [1.54, 1.807) is 6.07 Å². The van der Waals surface area contributed by atoms with Crippen molar-refractivity contribution in [3.63, 3.8) is 0 Å². The van der Waals surface area contributed by atoms with E-state index in [0.717, 1.165) is 29.5 Å². The maximum atomic E-state index is 12.9. The van der Waals surface area contributed by atoms with Crippen LogP contribution in [0.25, 0.3) is 11.1 Å². The number of hydrogen-bond donors (Lipinski definition) is 2. The minimum Gasteiger partial charge on any atom is -0.495 e. The highest BCUT2D eigenvalue weighted by Gasteiger charge is 2.30. The molecule has 4 rings (SSSR count). The van der Waals surface area contributed by atoms with Crippen LogP contribution < -0.4 is 14.8 Å². The van der Waals surface area contributed by atoms with Crippen molar-refractivity contribution in [3.05, 3.63) is 83.9 Å². The maximum absolute atomic E-state index is 12.9. The third-order valence-electron chi connectivity index (χ3n) is 5.48. The molecule has 1 aliphatic rings. The molecule has 1 saturated carbocycles. The SMILES string of the molecule is COc1ccc(C(=O)NC(C)c2ccc(-c3ccccc3)cc2)cc1S(=O)(=O)NC1CC1. The van der Waals surface area contributed by atoms with E-state index in [0.29, 0.717) is 0 Å². The number of sulfonamides is 1. The molecule has 0 aliphatic heterocycles.